The third-order valence-electron chi connectivity index (χ3n) is 0. The van der Waals surface area contributed by atoms with E-state index < -0.39 is 0 Å². The van der Waals surface area contributed by atoms with E-state index >= 15 is 0 Å². The summed E-state index contributed by atoms with van der Waals surface area (Å²) in [7, 11) is 0. The topological polar surface area (TPSA) is 0 Å². The molecule has 0 rings (SSSR count). The van der Waals surface area contributed by atoms with Gasteiger partial charge in [0.1, 0.15) is 0 Å². The lowest BCUT2D eigenvalue weighted by Gasteiger charge is -1.23. The van der Waals surface area contributed by atoms with Gasteiger partial charge in [-0.25, -0.2) is 0 Å². The van der Waals surface area contributed by atoms with Crippen LogP contribution >= 0.6 is 0 Å². The number of hydrogen-bond donors (Lipinski definition) is 0. The summed E-state index contributed by atoms with van der Waals surface area (Å²) in [4.78, 5) is 0. The minimum absolute atomic E-state index is 0. The zero-order valence-corrected chi connectivity index (χ0v) is 2.08. The van der Waals surface area contributed by atoms with Crippen molar-refractivity contribution in [2.45, 2.75) is 6.92 Å². The van der Waals surface area contributed by atoms with Crippen molar-refractivity contribution in [2.24, 2.45) is 0 Å². The Balaban J connectivity index is 0. The molecule has 0 unspecified atom stereocenters. The zero-order chi connectivity index (χ0) is 2.71. The zero-order valence-electron chi connectivity index (χ0n) is 2.08. The van der Waals surface area contributed by atoms with Gasteiger partial charge >= 0.3 is 23.1 Å². The Hall–Kier alpha value is 0.326. The van der Waals surface area contributed by atoms with E-state index in [2.05, 4.69) is 12.3 Å². The summed E-state index contributed by atoms with van der Waals surface area (Å²) in [5.41, 5.74) is 0. The summed E-state index contributed by atoms with van der Waals surface area (Å²) in [6.45, 7) is 1.65. The van der Waals surface area contributed by atoms with Gasteiger partial charge in [0.25, 0.3) is 0 Å². The molecule has 0 bridgehead atoms. The summed E-state index contributed by atoms with van der Waals surface area (Å²) >= 11 is 0. The predicted molar refractivity (Wildman–Crippen MR) is 23.1 cm³/mol. The van der Waals surface area contributed by atoms with Crippen molar-refractivity contribution in [1.29, 1.82) is 0 Å². The first kappa shape index (κ1) is 8.85. The fourth-order valence-corrected chi connectivity index (χ4v) is 0. The Morgan fingerprint density at radius 2 is 1.75 bits per heavy atom. The third kappa shape index (κ3) is 38.4. The van der Waals surface area contributed by atoms with Crippen LogP contribution in [0.15, 0.2) is 0 Å². The smallest absolute Gasteiger partial charge is 0.120 e. The van der Waals surface area contributed by atoms with Crippen molar-refractivity contribution in [3.05, 3.63) is 0 Å². The molecule has 0 heterocycles. The molecule has 0 radical (unpaired) electrons. The summed E-state index contributed by atoms with van der Waals surface area (Å²) in [6, 6.07) is 0. The highest BCUT2D eigenvalue weighted by Crippen LogP contribution is 1.21. The van der Waals surface area contributed by atoms with Crippen molar-refractivity contribution >= 4 is 23.1 Å². The highest BCUT2D eigenvalue weighted by molar-refractivity contribution is 5.75. The van der Waals surface area contributed by atoms with Crippen molar-refractivity contribution in [3.8, 4) is 12.3 Å². The normalized spacial score (nSPS) is 2.00. The molecule has 0 saturated carbocycles. The van der Waals surface area contributed by atoms with Gasteiger partial charge in [0.05, 0.1) is 0 Å². The average Bonchev–Trinajstić information content (AvgIpc) is 0.918. The molecule has 0 aromatic carbocycles. The average molecular weight is 66.4 g/mol. The Labute approximate surface area is 42.7 Å². The molecule has 0 aromatic heterocycles. The largest absolute Gasteiger partial charge is 0.316 e. The van der Waals surface area contributed by atoms with Crippen LogP contribution in [0.2, 0.25) is 0 Å². The number of rotatable bonds is 0. The lowest BCUT2D eigenvalue weighted by Crippen LogP contribution is -1.10. The van der Waals surface area contributed by atoms with Crippen LogP contribution in [0.25, 0.3) is 0 Å². The number of hydrogen-bond acceptors (Lipinski definition) is 0. The first-order chi connectivity index (χ1) is 1.41. The molecule has 0 N–H and O–H groups in total. The molecule has 0 aliphatic rings. The lowest BCUT2D eigenvalue weighted by atomic mass is 10.9. The molecule has 0 nitrogen and oxygen atoms in total. The van der Waals surface area contributed by atoms with Gasteiger partial charge < -0.3 is 0 Å². The van der Waals surface area contributed by atoms with E-state index in [9.17, 15) is 0 Å². The van der Waals surface area contributed by atoms with Crippen molar-refractivity contribution < 1.29 is 0 Å². The maximum Gasteiger partial charge on any atom is 0.316 e. The summed E-state index contributed by atoms with van der Waals surface area (Å²) in [5.74, 6) is 2.25. The molecule has 0 atom stereocenters. The molecule has 4 heavy (non-hydrogen) atoms. The van der Waals surface area contributed by atoms with Crippen LogP contribution < -0.4 is 0 Å². The lowest BCUT2D eigenvalue weighted by molar-refractivity contribution is 1.94. The molecule has 0 aromatic rings. The first-order valence-corrected chi connectivity index (χ1v) is 0.789. The molecule has 0 aliphatic heterocycles. The maximum absolute atomic E-state index is 4.60. The Morgan fingerprint density at radius 3 is 1.75 bits per heavy atom. The fraction of sp³-hybridized carbons (Fsp3) is 0.333. The molecule has 20 valence electrons. The molecule has 0 aliphatic carbocycles. The van der Waals surface area contributed by atoms with Crippen molar-refractivity contribution in [2.75, 3.05) is 0 Å². The predicted octanol–water partition coefficient (Wildman–Crippen LogP) is -0.277. The molecule has 0 spiro atoms. The van der Waals surface area contributed by atoms with Crippen LogP contribution in [0.1, 0.15) is 6.92 Å². The standard InChI is InChI=1S/C3H4.Mg.2H/c1-3-2;;;/h1H,2H3;;;. The highest BCUT2D eigenvalue weighted by Gasteiger charge is 1.09. The van der Waals surface area contributed by atoms with Crippen LogP contribution in [0.4, 0.5) is 0 Å². The van der Waals surface area contributed by atoms with Crippen molar-refractivity contribution in [3.63, 3.8) is 0 Å². The van der Waals surface area contributed by atoms with Gasteiger partial charge in [-0.2, -0.15) is 0 Å². The van der Waals surface area contributed by atoms with Crippen LogP contribution in [0.5, 0.6) is 0 Å². The Bertz CT molecular complexity index is 24.8. The van der Waals surface area contributed by atoms with Crippen LogP contribution in [-0.4, -0.2) is 23.1 Å². The minimum Gasteiger partial charge on any atom is -0.120 e. The molecule has 0 fully saturated rings. The minimum atomic E-state index is 0. The number of terminal acetylenes is 1. The second-order valence-electron chi connectivity index (χ2n) is 0.289. The second-order valence-corrected chi connectivity index (χ2v) is 0.289. The van der Waals surface area contributed by atoms with E-state index in [1.165, 1.54) is 0 Å². The molecular weight excluding hydrogens is 60.3 g/mol. The quantitative estimate of drug-likeness (QED) is 0.270. The van der Waals surface area contributed by atoms with Crippen LogP contribution in [0, 0.1) is 12.3 Å². The van der Waals surface area contributed by atoms with Gasteiger partial charge in [0, 0.05) is 0 Å². The maximum atomic E-state index is 4.60. The van der Waals surface area contributed by atoms with Gasteiger partial charge in [-0.15, -0.1) is 12.3 Å². The molecule has 1 heteroatoms. The van der Waals surface area contributed by atoms with Gasteiger partial charge in [-0.05, 0) is 6.92 Å². The van der Waals surface area contributed by atoms with Gasteiger partial charge in [0.2, 0.25) is 0 Å². The van der Waals surface area contributed by atoms with E-state index in [1.54, 1.807) is 6.92 Å². The van der Waals surface area contributed by atoms with Gasteiger partial charge in [0.15, 0.2) is 0 Å². The third-order valence-corrected chi connectivity index (χ3v) is 0. The Morgan fingerprint density at radius 1 is 1.75 bits per heavy atom. The van der Waals surface area contributed by atoms with E-state index in [0.29, 0.717) is 0 Å². The summed E-state index contributed by atoms with van der Waals surface area (Å²) < 4.78 is 0. The monoisotopic (exact) mass is 66.0 g/mol. The van der Waals surface area contributed by atoms with Crippen LogP contribution in [0.3, 0.4) is 0 Å². The Kier molecular flexibility index (Phi) is 22.6. The second kappa shape index (κ2) is 10.2. The molecular formula is C3H6Mg. The summed E-state index contributed by atoms with van der Waals surface area (Å²) in [5, 5.41) is 0. The van der Waals surface area contributed by atoms with E-state index in [4.69, 9.17) is 0 Å². The highest BCUT2D eigenvalue weighted by atomic mass is 24.3. The van der Waals surface area contributed by atoms with Crippen LogP contribution in [-0.2, 0) is 0 Å². The first-order valence-electron chi connectivity index (χ1n) is 0.789. The van der Waals surface area contributed by atoms with E-state index in [1.807, 2.05) is 0 Å². The summed E-state index contributed by atoms with van der Waals surface area (Å²) in [6.07, 6.45) is 4.60. The SMILES string of the molecule is C#CC.[MgH2]. The molecule has 0 amide bonds. The van der Waals surface area contributed by atoms with Crippen molar-refractivity contribution in [1.82, 2.24) is 0 Å². The van der Waals surface area contributed by atoms with Gasteiger partial charge in [-0.1, -0.05) is 0 Å². The van der Waals surface area contributed by atoms with E-state index in [0.717, 1.165) is 0 Å². The molecule has 0 saturated heterocycles. The van der Waals surface area contributed by atoms with E-state index in [-0.39, 0.29) is 23.1 Å². The fourth-order valence-electron chi connectivity index (χ4n) is 0. The van der Waals surface area contributed by atoms with Gasteiger partial charge in [-0.3, -0.25) is 0 Å².